The Morgan fingerprint density at radius 2 is 1.86 bits per heavy atom. The fraction of sp³-hybridized carbons (Fsp3) is 0.625. The molecule has 0 aliphatic carbocycles. The van der Waals surface area contributed by atoms with Gasteiger partial charge in [-0.25, -0.2) is 4.39 Å². The maximum Gasteiger partial charge on any atom is 0.123 e. The zero-order chi connectivity index (χ0) is 15.7. The third kappa shape index (κ3) is 5.99. The highest BCUT2D eigenvalue weighted by atomic mass is 19.1. The summed E-state index contributed by atoms with van der Waals surface area (Å²) in [4.78, 5) is 0. The Labute approximate surface area is 125 Å². The minimum absolute atomic E-state index is 0.127. The molecule has 0 aliphatic heterocycles. The lowest BCUT2D eigenvalue weighted by molar-refractivity contribution is 0.0863. The monoisotopic (exact) mass is 299 g/mol. The topological polar surface area (TPSA) is 61.7 Å². The van der Waals surface area contributed by atoms with Gasteiger partial charge < -0.3 is 20.3 Å². The summed E-state index contributed by atoms with van der Waals surface area (Å²) in [5.41, 5.74) is -0.127. The summed E-state index contributed by atoms with van der Waals surface area (Å²) in [6.45, 7) is 5.43. The van der Waals surface area contributed by atoms with Gasteiger partial charge in [0.2, 0.25) is 0 Å². The van der Waals surface area contributed by atoms with Crippen LogP contribution in [0.3, 0.4) is 0 Å². The first kappa shape index (κ1) is 17.9. The number of rotatable bonds is 10. The first-order valence-corrected chi connectivity index (χ1v) is 7.43. The van der Waals surface area contributed by atoms with Crippen molar-refractivity contribution in [1.82, 2.24) is 5.32 Å². The van der Waals surface area contributed by atoms with Crippen LogP contribution in [0.15, 0.2) is 24.3 Å². The molecule has 0 saturated carbocycles. The van der Waals surface area contributed by atoms with Crippen molar-refractivity contribution in [2.45, 2.75) is 32.8 Å². The van der Waals surface area contributed by atoms with Gasteiger partial charge in [0.25, 0.3) is 0 Å². The Bertz CT molecular complexity index is 385. The first-order chi connectivity index (χ1) is 10.0. The molecule has 1 atom stereocenters. The van der Waals surface area contributed by atoms with Gasteiger partial charge >= 0.3 is 0 Å². The molecule has 1 rings (SSSR count). The highest BCUT2D eigenvalue weighted by Crippen LogP contribution is 2.24. The molecular formula is C16H26FNO3. The summed E-state index contributed by atoms with van der Waals surface area (Å²) in [5, 5.41) is 22.5. The van der Waals surface area contributed by atoms with Crippen LogP contribution in [0.25, 0.3) is 0 Å². The minimum atomic E-state index is -0.653. The highest BCUT2D eigenvalue weighted by Gasteiger charge is 2.24. The Balaban J connectivity index is 2.27. The maximum absolute atomic E-state index is 12.7. The normalized spacial score (nSPS) is 13.2. The average molecular weight is 299 g/mol. The second-order valence-corrected chi connectivity index (χ2v) is 5.41. The van der Waals surface area contributed by atoms with Crippen LogP contribution < -0.4 is 10.1 Å². The smallest absolute Gasteiger partial charge is 0.123 e. The van der Waals surface area contributed by atoms with Gasteiger partial charge in [0, 0.05) is 25.1 Å². The molecule has 0 fully saturated rings. The largest absolute Gasteiger partial charge is 0.491 e. The summed E-state index contributed by atoms with van der Waals surface area (Å²) in [6, 6.07) is 5.69. The zero-order valence-electron chi connectivity index (χ0n) is 12.8. The van der Waals surface area contributed by atoms with Crippen molar-refractivity contribution < 1.29 is 19.3 Å². The lowest BCUT2D eigenvalue weighted by Crippen LogP contribution is -2.40. The number of nitrogens with one attached hydrogen (secondary N) is 1. The number of aliphatic hydroxyl groups excluding tert-OH is 2. The molecule has 1 aromatic carbocycles. The molecule has 0 bridgehead atoms. The lowest BCUT2D eigenvalue weighted by atomic mass is 9.83. The van der Waals surface area contributed by atoms with Crippen LogP contribution in [0.1, 0.15) is 26.7 Å². The van der Waals surface area contributed by atoms with Crippen molar-refractivity contribution in [2.75, 3.05) is 26.3 Å². The van der Waals surface area contributed by atoms with Crippen molar-refractivity contribution in [1.29, 1.82) is 0 Å². The van der Waals surface area contributed by atoms with E-state index in [1.165, 1.54) is 24.3 Å². The van der Waals surface area contributed by atoms with E-state index in [1.807, 2.05) is 0 Å². The molecule has 0 aromatic heterocycles. The van der Waals surface area contributed by atoms with Crippen molar-refractivity contribution in [3.05, 3.63) is 30.1 Å². The number of aliphatic hydroxyl groups is 2. The van der Waals surface area contributed by atoms with E-state index in [-0.39, 0.29) is 24.4 Å². The number of halogens is 1. The lowest BCUT2D eigenvalue weighted by Gasteiger charge is -2.30. The van der Waals surface area contributed by atoms with Gasteiger partial charge in [-0.05, 0) is 37.1 Å². The molecule has 120 valence electrons. The summed E-state index contributed by atoms with van der Waals surface area (Å²) in [6.07, 6.45) is 1.12. The third-order valence-electron chi connectivity index (χ3n) is 3.97. The van der Waals surface area contributed by atoms with Crippen LogP contribution in [-0.4, -0.2) is 42.6 Å². The first-order valence-electron chi connectivity index (χ1n) is 7.43. The second-order valence-electron chi connectivity index (χ2n) is 5.41. The van der Waals surface area contributed by atoms with Gasteiger partial charge in [0.05, 0.1) is 0 Å². The molecule has 1 unspecified atom stereocenters. The van der Waals surface area contributed by atoms with Crippen LogP contribution in [0.5, 0.6) is 5.75 Å². The van der Waals surface area contributed by atoms with E-state index in [2.05, 4.69) is 19.2 Å². The molecule has 0 radical (unpaired) electrons. The van der Waals surface area contributed by atoms with E-state index in [4.69, 9.17) is 4.74 Å². The Morgan fingerprint density at radius 3 is 2.38 bits per heavy atom. The van der Waals surface area contributed by atoms with E-state index in [9.17, 15) is 14.6 Å². The van der Waals surface area contributed by atoms with Crippen LogP contribution in [0, 0.1) is 11.2 Å². The van der Waals surface area contributed by atoms with E-state index in [0.717, 1.165) is 12.8 Å². The van der Waals surface area contributed by atoms with Gasteiger partial charge in [-0.2, -0.15) is 0 Å². The molecule has 0 aliphatic rings. The van der Waals surface area contributed by atoms with Crippen LogP contribution in [-0.2, 0) is 0 Å². The fourth-order valence-electron chi connectivity index (χ4n) is 2.07. The molecule has 0 heterocycles. The molecule has 5 heteroatoms. The highest BCUT2D eigenvalue weighted by molar-refractivity contribution is 5.22. The second kappa shape index (κ2) is 8.97. The molecular weight excluding hydrogens is 273 g/mol. The quantitative estimate of drug-likeness (QED) is 0.618. The SMILES string of the molecule is CCC(CC)(CO)CNCC(O)COc1ccc(F)cc1. The zero-order valence-corrected chi connectivity index (χ0v) is 12.8. The molecule has 0 saturated heterocycles. The number of hydrogen-bond donors (Lipinski definition) is 3. The fourth-order valence-corrected chi connectivity index (χ4v) is 2.07. The number of hydrogen-bond acceptors (Lipinski definition) is 4. The Kier molecular flexibility index (Phi) is 7.64. The van der Waals surface area contributed by atoms with Gasteiger partial charge in [-0.15, -0.1) is 0 Å². The van der Waals surface area contributed by atoms with Crippen molar-refractivity contribution in [2.24, 2.45) is 5.41 Å². The summed E-state index contributed by atoms with van der Waals surface area (Å²) in [5.74, 6) is 0.214. The molecule has 21 heavy (non-hydrogen) atoms. The summed E-state index contributed by atoms with van der Waals surface area (Å²) >= 11 is 0. The van der Waals surface area contributed by atoms with E-state index >= 15 is 0 Å². The van der Waals surface area contributed by atoms with Crippen molar-refractivity contribution >= 4 is 0 Å². The average Bonchev–Trinajstić information content (AvgIpc) is 2.51. The minimum Gasteiger partial charge on any atom is -0.491 e. The standard InChI is InChI=1S/C16H26FNO3/c1-3-16(4-2,12-19)11-18-9-14(20)10-21-15-7-5-13(17)6-8-15/h5-8,14,18-20H,3-4,9-12H2,1-2H3. The van der Waals surface area contributed by atoms with E-state index in [1.54, 1.807) is 0 Å². The van der Waals surface area contributed by atoms with Gasteiger partial charge in [0.1, 0.15) is 24.3 Å². The predicted molar refractivity (Wildman–Crippen MR) is 80.9 cm³/mol. The van der Waals surface area contributed by atoms with Gasteiger partial charge in [-0.1, -0.05) is 13.8 Å². The molecule has 0 amide bonds. The number of benzene rings is 1. The maximum atomic E-state index is 12.7. The number of ether oxygens (including phenoxy) is 1. The van der Waals surface area contributed by atoms with E-state index < -0.39 is 6.10 Å². The van der Waals surface area contributed by atoms with Gasteiger partial charge in [-0.3, -0.25) is 0 Å². The van der Waals surface area contributed by atoms with Crippen LogP contribution >= 0.6 is 0 Å². The summed E-state index contributed by atoms with van der Waals surface area (Å²) in [7, 11) is 0. The third-order valence-corrected chi connectivity index (χ3v) is 3.97. The van der Waals surface area contributed by atoms with Crippen molar-refractivity contribution in [3.63, 3.8) is 0 Å². The molecule has 3 N–H and O–H groups in total. The summed E-state index contributed by atoms with van der Waals surface area (Å²) < 4.78 is 18.1. The molecule has 1 aromatic rings. The van der Waals surface area contributed by atoms with E-state index in [0.29, 0.717) is 18.8 Å². The van der Waals surface area contributed by atoms with Crippen LogP contribution in [0.4, 0.5) is 4.39 Å². The predicted octanol–water partition coefficient (Wildman–Crippen LogP) is 1.95. The molecule has 0 spiro atoms. The van der Waals surface area contributed by atoms with Crippen LogP contribution in [0.2, 0.25) is 0 Å². The molecule has 4 nitrogen and oxygen atoms in total. The van der Waals surface area contributed by atoms with Gasteiger partial charge in [0.15, 0.2) is 0 Å². The Hall–Kier alpha value is -1.17. The van der Waals surface area contributed by atoms with Crippen molar-refractivity contribution in [3.8, 4) is 5.75 Å². The Morgan fingerprint density at radius 1 is 1.24 bits per heavy atom.